The summed E-state index contributed by atoms with van der Waals surface area (Å²) in [7, 11) is 0. The highest BCUT2D eigenvalue weighted by atomic mass is 35.5. The molecule has 0 aliphatic rings. The molecule has 0 aliphatic heterocycles. The van der Waals surface area contributed by atoms with Crippen LogP contribution in [0.15, 0.2) is 18.2 Å². The fourth-order valence-corrected chi connectivity index (χ4v) is 2.96. The quantitative estimate of drug-likeness (QED) is 0.451. The van der Waals surface area contributed by atoms with Gasteiger partial charge in [-0.3, -0.25) is 4.79 Å². The first-order chi connectivity index (χ1) is 13.4. The summed E-state index contributed by atoms with van der Waals surface area (Å²) >= 11 is 11.8. The minimum Gasteiger partial charge on any atom is -0.480 e. The molecule has 4 N–H and O–H groups in total. The Morgan fingerprint density at radius 2 is 1.62 bits per heavy atom. The van der Waals surface area contributed by atoms with E-state index in [9.17, 15) is 19.5 Å². The second kappa shape index (κ2) is 11.3. The number of benzene rings is 1. The Balaban J connectivity index is 2.88. The van der Waals surface area contributed by atoms with E-state index >= 15 is 0 Å². The van der Waals surface area contributed by atoms with Crippen molar-refractivity contribution in [3.8, 4) is 0 Å². The molecule has 0 radical (unpaired) electrons. The Kier molecular flexibility index (Phi) is 9.73. The number of amides is 3. The molecule has 29 heavy (non-hydrogen) atoms. The van der Waals surface area contributed by atoms with Crippen LogP contribution in [-0.2, 0) is 9.59 Å². The number of nitrogens with one attached hydrogen (secondary N) is 3. The Morgan fingerprint density at radius 3 is 2.10 bits per heavy atom. The number of anilines is 1. The third-order valence-electron chi connectivity index (χ3n) is 4.65. The fourth-order valence-electron chi connectivity index (χ4n) is 2.66. The summed E-state index contributed by atoms with van der Waals surface area (Å²) < 4.78 is 0. The molecule has 162 valence electrons. The lowest BCUT2D eigenvalue weighted by Crippen LogP contribution is -2.55. The maximum atomic E-state index is 12.8. The number of carboxylic acid groups (broad SMARTS) is 1. The van der Waals surface area contributed by atoms with Crippen LogP contribution in [0.25, 0.3) is 0 Å². The third-order valence-corrected chi connectivity index (χ3v) is 5.39. The summed E-state index contributed by atoms with van der Waals surface area (Å²) in [5, 5.41) is 17.9. The number of hydrogen-bond acceptors (Lipinski definition) is 3. The molecule has 0 bridgehead atoms. The van der Waals surface area contributed by atoms with Crippen molar-refractivity contribution in [2.45, 2.75) is 53.1 Å². The predicted octanol–water partition coefficient (Wildman–Crippen LogP) is 4.39. The van der Waals surface area contributed by atoms with Gasteiger partial charge in [0.2, 0.25) is 5.91 Å². The molecule has 0 aromatic heterocycles. The summed E-state index contributed by atoms with van der Waals surface area (Å²) in [5.74, 6) is -1.76. The van der Waals surface area contributed by atoms with E-state index in [1.165, 1.54) is 6.07 Å². The van der Waals surface area contributed by atoms with Crippen molar-refractivity contribution >= 4 is 46.8 Å². The summed E-state index contributed by atoms with van der Waals surface area (Å²) in [6.45, 7) is 9.36. The number of rotatable bonds is 9. The summed E-state index contributed by atoms with van der Waals surface area (Å²) in [4.78, 5) is 36.7. The van der Waals surface area contributed by atoms with Gasteiger partial charge in [-0.15, -0.1) is 0 Å². The van der Waals surface area contributed by atoms with Gasteiger partial charge in [0, 0.05) is 5.69 Å². The Bertz CT molecular complexity index is 740. The van der Waals surface area contributed by atoms with E-state index in [0.29, 0.717) is 17.1 Å². The molecule has 0 heterocycles. The van der Waals surface area contributed by atoms with Gasteiger partial charge in [-0.1, -0.05) is 57.8 Å². The van der Waals surface area contributed by atoms with Crippen molar-refractivity contribution < 1.29 is 19.5 Å². The van der Waals surface area contributed by atoms with Gasteiger partial charge in [-0.2, -0.15) is 0 Å². The topological polar surface area (TPSA) is 108 Å². The van der Waals surface area contributed by atoms with Crippen molar-refractivity contribution in [2.75, 3.05) is 5.32 Å². The van der Waals surface area contributed by atoms with E-state index in [0.717, 1.165) is 0 Å². The molecule has 3 amide bonds. The molecule has 1 rings (SSSR count). The highest BCUT2D eigenvalue weighted by Crippen LogP contribution is 2.25. The van der Waals surface area contributed by atoms with Gasteiger partial charge in [0.05, 0.1) is 10.0 Å². The minimum absolute atomic E-state index is 0.0610. The van der Waals surface area contributed by atoms with E-state index in [1.807, 2.05) is 27.7 Å². The number of hydrogen-bond donors (Lipinski definition) is 4. The van der Waals surface area contributed by atoms with Crippen LogP contribution in [0.1, 0.15) is 41.0 Å². The molecule has 0 spiro atoms. The lowest BCUT2D eigenvalue weighted by molar-refractivity contribution is -0.144. The molecule has 7 nitrogen and oxygen atoms in total. The van der Waals surface area contributed by atoms with E-state index in [4.69, 9.17) is 23.2 Å². The smallest absolute Gasteiger partial charge is 0.326 e. The molecular weight excluding hydrogens is 417 g/mol. The Hall–Kier alpha value is -1.99. The van der Waals surface area contributed by atoms with E-state index in [-0.39, 0.29) is 22.8 Å². The third kappa shape index (κ3) is 8.11. The molecule has 3 unspecified atom stereocenters. The SMILES string of the molecule is CC(C)CC(NC(=O)Nc1ccc(Cl)c(Cl)c1)C(=O)NC(C(=O)O)C(C)C(C)C. The van der Waals surface area contributed by atoms with Crippen molar-refractivity contribution in [1.29, 1.82) is 0 Å². The molecule has 3 atom stereocenters. The van der Waals surface area contributed by atoms with Crippen molar-refractivity contribution in [2.24, 2.45) is 17.8 Å². The van der Waals surface area contributed by atoms with E-state index in [2.05, 4.69) is 16.0 Å². The number of aliphatic carboxylic acids is 1. The van der Waals surface area contributed by atoms with Crippen molar-refractivity contribution in [3.63, 3.8) is 0 Å². The highest BCUT2D eigenvalue weighted by Gasteiger charge is 2.31. The first kappa shape index (κ1) is 25.0. The normalized spacial score (nSPS) is 14.2. The molecule has 0 fully saturated rings. The number of carbonyl (C=O) groups is 3. The zero-order valence-corrected chi connectivity index (χ0v) is 18.8. The average Bonchev–Trinajstić information content (AvgIpc) is 2.60. The largest absolute Gasteiger partial charge is 0.480 e. The highest BCUT2D eigenvalue weighted by molar-refractivity contribution is 6.42. The number of carboxylic acids is 1. The first-order valence-electron chi connectivity index (χ1n) is 9.48. The Morgan fingerprint density at radius 1 is 1.00 bits per heavy atom. The molecule has 0 aliphatic carbocycles. The van der Waals surface area contributed by atoms with Crippen molar-refractivity contribution in [3.05, 3.63) is 28.2 Å². The average molecular weight is 446 g/mol. The van der Waals surface area contributed by atoms with Gasteiger partial charge in [0.1, 0.15) is 12.1 Å². The van der Waals surface area contributed by atoms with Crippen LogP contribution < -0.4 is 16.0 Å². The molecule has 0 saturated heterocycles. The number of halogens is 2. The molecule has 0 saturated carbocycles. The van der Waals surface area contributed by atoms with E-state index in [1.54, 1.807) is 19.1 Å². The van der Waals surface area contributed by atoms with Gasteiger partial charge < -0.3 is 21.1 Å². The number of carbonyl (C=O) groups excluding carboxylic acids is 2. The van der Waals surface area contributed by atoms with Crippen LogP contribution in [0, 0.1) is 17.8 Å². The standard InChI is InChI=1S/C20H29Cl2N3O4/c1-10(2)8-16(18(26)25-17(19(27)28)12(5)11(3)4)24-20(29)23-13-6-7-14(21)15(22)9-13/h6-7,9-12,16-17H,8H2,1-5H3,(H,25,26)(H,27,28)(H2,23,24,29). The maximum absolute atomic E-state index is 12.8. The Labute approximate surface area is 181 Å². The monoisotopic (exact) mass is 445 g/mol. The second-order valence-corrected chi connectivity index (χ2v) is 8.65. The van der Waals surface area contributed by atoms with Crippen LogP contribution in [-0.4, -0.2) is 35.1 Å². The number of urea groups is 1. The van der Waals surface area contributed by atoms with Crippen LogP contribution in [0.3, 0.4) is 0 Å². The summed E-state index contributed by atoms with van der Waals surface area (Å²) in [5.41, 5.74) is 0.414. The van der Waals surface area contributed by atoms with Crippen LogP contribution in [0.2, 0.25) is 10.0 Å². The van der Waals surface area contributed by atoms with Gasteiger partial charge in [-0.25, -0.2) is 9.59 Å². The van der Waals surface area contributed by atoms with Gasteiger partial charge in [0.25, 0.3) is 0 Å². The first-order valence-corrected chi connectivity index (χ1v) is 10.2. The lowest BCUT2D eigenvalue weighted by Gasteiger charge is -2.27. The predicted molar refractivity (Wildman–Crippen MR) is 115 cm³/mol. The maximum Gasteiger partial charge on any atom is 0.326 e. The second-order valence-electron chi connectivity index (χ2n) is 7.84. The molecule has 1 aromatic carbocycles. The van der Waals surface area contributed by atoms with Crippen LogP contribution >= 0.6 is 23.2 Å². The molecule has 1 aromatic rings. The van der Waals surface area contributed by atoms with E-state index < -0.39 is 30.0 Å². The minimum atomic E-state index is -1.11. The zero-order valence-electron chi connectivity index (χ0n) is 17.3. The van der Waals surface area contributed by atoms with Crippen LogP contribution in [0.5, 0.6) is 0 Å². The van der Waals surface area contributed by atoms with Gasteiger partial charge >= 0.3 is 12.0 Å². The lowest BCUT2D eigenvalue weighted by atomic mass is 9.90. The molecular formula is C20H29Cl2N3O4. The van der Waals surface area contributed by atoms with Gasteiger partial charge in [-0.05, 0) is 42.4 Å². The summed E-state index contributed by atoms with van der Waals surface area (Å²) in [6.07, 6.45) is 0.350. The van der Waals surface area contributed by atoms with Crippen LogP contribution in [0.4, 0.5) is 10.5 Å². The van der Waals surface area contributed by atoms with Crippen molar-refractivity contribution in [1.82, 2.24) is 10.6 Å². The molecule has 9 heteroatoms. The van der Waals surface area contributed by atoms with Gasteiger partial charge in [0.15, 0.2) is 0 Å². The summed E-state index contributed by atoms with van der Waals surface area (Å²) in [6, 6.07) is 2.08. The zero-order chi connectivity index (χ0) is 22.3. The fraction of sp³-hybridized carbons (Fsp3) is 0.550.